The normalized spacial score (nSPS) is 21.9. The molecule has 1 aliphatic heterocycles. The van der Waals surface area contributed by atoms with E-state index in [9.17, 15) is 9.59 Å². The topological polar surface area (TPSA) is 70.5 Å². The van der Waals surface area contributed by atoms with Gasteiger partial charge >= 0.3 is 5.97 Å². The summed E-state index contributed by atoms with van der Waals surface area (Å²) in [6.45, 7) is 6.18. The molecule has 1 aromatic heterocycles. The first-order chi connectivity index (χ1) is 9.81. The lowest BCUT2D eigenvalue weighted by Gasteiger charge is -2.23. The number of amides is 1. The third-order valence-corrected chi connectivity index (χ3v) is 4.18. The van der Waals surface area contributed by atoms with Crippen LogP contribution in [0.1, 0.15) is 49.2 Å². The summed E-state index contributed by atoms with van der Waals surface area (Å²) in [5.74, 6) is -1.38. The molecule has 1 aliphatic rings. The average Bonchev–Trinajstić information content (AvgIpc) is 2.79. The summed E-state index contributed by atoms with van der Waals surface area (Å²) in [6.07, 6.45) is 0.484. The highest BCUT2D eigenvalue weighted by Gasteiger charge is 2.38. The zero-order valence-corrected chi connectivity index (χ0v) is 13.1. The van der Waals surface area contributed by atoms with Crippen molar-refractivity contribution in [1.82, 2.24) is 9.88 Å². The van der Waals surface area contributed by atoms with Crippen LogP contribution in [0.2, 0.25) is 5.15 Å². The van der Waals surface area contributed by atoms with Crippen molar-refractivity contribution in [3.63, 3.8) is 0 Å². The number of carbonyl (C=O) groups excluding carboxylic acids is 1. The van der Waals surface area contributed by atoms with Gasteiger partial charge in [0.05, 0.1) is 5.92 Å². The monoisotopic (exact) mass is 310 g/mol. The number of carboxylic acids is 1. The van der Waals surface area contributed by atoms with E-state index in [1.807, 2.05) is 13.8 Å². The Morgan fingerprint density at radius 1 is 1.43 bits per heavy atom. The molecule has 5 nitrogen and oxygen atoms in total. The standard InChI is InChI=1S/C15H19ClN2O3/c1-8(2)12-6-10(7-13(16)17-12)14(19)18-5-4-11(9(18)3)15(20)21/h6-9,11H,4-5H2,1-3H3,(H,20,21). The predicted octanol–water partition coefficient (Wildman–Crippen LogP) is 2.79. The van der Waals surface area contributed by atoms with Crippen LogP contribution in [0.3, 0.4) is 0 Å². The molecule has 6 heteroatoms. The van der Waals surface area contributed by atoms with Crippen molar-refractivity contribution in [3.05, 3.63) is 28.5 Å². The molecule has 2 heterocycles. The van der Waals surface area contributed by atoms with E-state index in [4.69, 9.17) is 16.7 Å². The van der Waals surface area contributed by atoms with Crippen LogP contribution < -0.4 is 0 Å². The molecule has 114 valence electrons. The van der Waals surface area contributed by atoms with Gasteiger partial charge in [0, 0.05) is 23.8 Å². The predicted molar refractivity (Wildman–Crippen MR) is 79.6 cm³/mol. The Bertz CT molecular complexity index is 574. The summed E-state index contributed by atoms with van der Waals surface area (Å²) in [6, 6.07) is 2.96. The lowest BCUT2D eigenvalue weighted by Crippen LogP contribution is -2.37. The molecule has 1 amide bonds. The lowest BCUT2D eigenvalue weighted by atomic mass is 10.0. The molecule has 0 radical (unpaired) electrons. The molecule has 1 N–H and O–H groups in total. The van der Waals surface area contributed by atoms with Gasteiger partial charge in [-0.05, 0) is 31.4 Å². The highest BCUT2D eigenvalue weighted by molar-refractivity contribution is 6.29. The number of likely N-dealkylation sites (tertiary alicyclic amines) is 1. The minimum absolute atomic E-state index is 0.165. The van der Waals surface area contributed by atoms with Crippen LogP contribution in [0.25, 0.3) is 0 Å². The highest BCUT2D eigenvalue weighted by Crippen LogP contribution is 2.27. The van der Waals surface area contributed by atoms with Crippen molar-refractivity contribution in [3.8, 4) is 0 Å². The average molecular weight is 311 g/mol. The van der Waals surface area contributed by atoms with Gasteiger partial charge in [-0.3, -0.25) is 9.59 Å². The maximum Gasteiger partial charge on any atom is 0.308 e. The Morgan fingerprint density at radius 3 is 2.62 bits per heavy atom. The van der Waals surface area contributed by atoms with Crippen molar-refractivity contribution < 1.29 is 14.7 Å². The molecule has 0 spiro atoms. The summed E-state index contributed by atoms with van der Waals surface area (Å²) in [7, 11) is 0. The van der Waals surface area contributed by atoms with E-state index in [1.54, 1.807) is 17.9 Å². The Kier molecular flexibility index (Phi) is 4.52. The van der Waals surface area contributed by atoms with Gasteiger partial charge in [0.1, 0.15) is 5.15 Å². The first-order valence-electron chi connectivity index (χ1n) is 7.02. The lowest BCUT2D eigenvalue weighted by molar-refractivity contribution is -0.142. The summed E-state index contributed by atoms with van der Waals surface area (Å²) in [5.41, 5.74) is 1.23. The van der Waals surface area contributed by atoms with E-state index in [1.165, 1.54) is 6.07 Å². The summed E-state index contributed by atoms with van der Waals surface area (Å²) in [4.78, 5) is 29.6. The summed E-state index contributed by atoms with van der Waals surface area (Å²) < 4.78 is 0. The third-order valence-electron chi connectivity index (χ3n) is 3.99. The molecule has 2 atom stereocenters. The highest BCUT2D eigenvalue weighted by atomic mass is 35.5. The first kappa shape index (κ1) is 15.8. The molecule has 2 rings (SSSR count). The van der Waals surface area contributed by atoms with E-state index < -0.39 is 11.9 Å². The Morgan fingerprint density at radius 2 is 2.10 bits per heavy atom. The van der Waals surface area contributed by atoms with Gasteiger partial charge < -0.3 is 10.0 Å². The number of hydrogen-bond acceptors (Lipinski definition) is 3. The molecular formula is C15H19ClN2O3. The molecule has 0 saturated carbocycles. The van der Waals surface area contributed by atoms with Gasteiger partial charge in [0.25, 0.3) is 5.91 Å². The van der Waals surface area contributed by atoms with Crippen molar-refractivity contribution in [2.24, 2.45) is 5.92 Å². The van der Waals surface area contributed by atoms with E-state index in [2.05, 4.69) is 4.98 Å². The van der Waals surface area contributed by atoms with Crippen LogP contribution in [-0.2, 0) is 4.79 Å². The fourth-order valence-corrected chi connectivity index (χ4v) is 2.87. The number of pyridine rings is 1. The maximum absolute atomic E-state index is 12.6. The van der Waals surface area contributed by atoms with Gasteiger partial charge in [-0.2, -0.15) is 0 Å². The minimum atomic E-state index is -0.853. The fourth-order valence-electron chi connectivity index (χ4n) is 2.66. The molecule has 1 aromatic rings. The molecule has 0 bridgehead atoms. The van der Waals surface area contributed by atoms with E-state index in [0.29, 0.717) is 18.5 Å². The number of carbonyl (C=O) groups is 2. The second kappa shape index (κ2) is 6.02. The first-order valence-corrected chi connectivity index (χ1v) is 7.40. The zero-order chi connectivity index (χ0) is 15.7. The van der Waals surface area contributed by atoms with Gasteiger partial charge in [0.15, 0.2) is 0 Å². The molecule has 0 aromatic carbocycles. The van der Waals surface area contributed by atoms with Crippen molar-refractivity contribution in [1.29, 1.82) is 0 Å². The maximum atomic E-state index is 12.6. The Hall–Kier alpha value is -1.62. The van der Waals surface area contributed by atoms with Crippen LogP contribution in [0.15, 0.2) is 12.1 Å². The zero-order valence-electron chi connectivity index (χ0n) is 12.3. The number of aliphatic carboxylic acids is 1. The Labute approximate surface area is 128 Å². The Balaban J connectivity index is 2.27. The van der Waals surface area contributed by atoms with Crippen molar-refractivity contribution >= 4 is 23.5 Å². The largest absolute Gasteiger partial charge is 0.481 e. The third kappa shape index (κ3) is 3.18. The summed E-state index contributed by atoms with van der Waals surface area (Å²) in [5, 5.41) is 9.43. The molecular weight excluding hydrogens is 292 g/mol. The van der Waals surface area contributed by atoms with Crippen LogP contribution in [-0.4, -0.2) is 39.5 Å². The number of rotatable bonds is 3. The van der Waals surface area contributed by atoms with Gasteiger partial charge in [-0.15, -0.1) is 0 Å². The second-order valence-electron chi connectivity index (χ2n) is 5.73. The van der Waals surface area contributed by atoms with Gasteiger partial charge in [-0.1, -0.05) is 25.4 Å². The smallest absolute Gasteiger partial charge is 0.308 e. The van der Waals surface area contributed by atoms with Crippen molar-refractivity contribution in [2.75, 3.05) is 6.54 Å². The number of nitrogens with zero attached hydrogens (tertiary/aromatic N) is 2. The van der Waals surface area contributed by atoms with E-state index in [0.717, 1.165) is 5.69 Å². The number of hydrogen-bond donors (Lipinski definition) is 1. The van der Waals surface area contributed by atoms with Gasteiger partial charge in [0.2, 0.25) is 0 Å². The van der Waals surface area contributed by atoms with Crippen LogP contribution >= 0.6 is 11.6 Å². The van der Waals surface area contributed by atoms with E-state index >= 15 is 0 Å². The van der Waals surface area contributed by atoms with Crippen molar-refractivity contribution in [2.45, 2.75) is 39.2 Å². The summed E-state index contributed by atoms with van der Waals surface area (Å²) >= 11 is 5.98. The quantitative estimate of drug-likeness (QED) is 0.871. The molecule has 1 saturated heterocycles. The van der Waals surface area contributed by atoms with E-state index in [-0.39, 0.29) is 23.0 Å². The van der Waals surface area contributed by atoms with Crippen LogP contribution in [0.4, 0.5) is 0 Å². The molecule has 1 fully saturated rings. The minimum Gasteiger partial charge on any atom is -0.481 e. The number of carboxylic acid groups (broad SMARTS) is 1. The SMILES string of the molecule is CC(C)c1cc(C(=O)N2CCC(C(=O)O)C2C)cc(Cl)n1. The molecule has 0 aliphatic carbocycles. The molecule has 2 unspecified atom stereocenters. The number of halogens is 1. The number of aromatic nitrogens is 1. The molecule has 21 heavy (non-hydrogen) atoms. The van der Waals surface area contributed by atoms with Gasteiger partial charge in [-0.25, -0.2) is 4.98 Å². The second-order valence-corrected chi connectivity index (χ2v) is 6.12. The fraction of sp³-hybridized carbons (Fsp3) is 0.533. The van der Waals surface area contributed by atoms with Crippen LogP contribution in [0.5, 0.6) is 0 Å². The van der Waals surface area contributed by atoms with Crippen LogP contribution in [0, 0.1) is 5.92 Å².